The first-order chi connectivity index (χ1) is 8.06. The molecule has 0 spiro atoms. The van der Waals surface area contributed by atoms with E-state index in [-0.39, 0.29) is 11.7 Å². The summed E-state index contributed by atoms with van der Waals surface area (Å²) in [6.45, 7) is 1.91. The molecule has 2 aromatic rings. The molecular weight excluding hydrogens is 308 g/mol. The third kappa shape index (κ3) is 3.04. The van der Waals surface area contributed by atoms with Gasteiger partial charge in [0, 0.05) is 4.88 Å². The first kappa shape index (κ1) is 12.5. The van der Waals surface area contributed by atoms with Crippen molar-refractivity contribution >= 4 is 33.0 Å². The van der Waals surface area contributed by atoms with Gasteiger partial charge in [-0.2, -0.15) is 0 Å². The fourth-order valence-corrected chi connectivity index (χ4v) is 2.90. The Balaban J connectivity index is 2.18. The van der Waals surface area contributed by atoms with E-state index in [0.717, 1.165) is 26.9 Å². The minimum atomic E-state index is -0.450. The van der Waals surface area contributed by atoms with E-state index in [2.05, 4.69) is 21.2 Å². The summed E-state index contributed by atoms with van der Waals surface area (Å²) in [6, 6.07) is 7.20. The van der Waals surface area contributed by atoms with E-state index in [1.54, 1.807) is 11.3 Å². The number of hydrogen-bond donors (Lipinski definition) is 1. The molecule has 1 aromatic carbocycles. The number of nitrogens with one attached hydrogen (secondary N) is 1. The molecule has 0 aliphatic carbocycles. The number of hydrogen-bond acceptors (Lipinski definition) is 2. The van der Waals surface area contributed by atoms with Crippen LogP contribution in [0.3, 0.4) is 0 Å². The lowest BCUT2D eigenvalue weighted by Gasteiger charge is -2.14. The van der Waals surface area contributed by atoms with Crippen LogP contribution in [0.25, 0.3) is 0 Å². The van der Waals surface area contributed by atoms with Crippen LogP contribution < -0.4 is 5.32 Å². The molecule has 2 rings (SSSR count). The summed E-state index contributed by atoms with van der Waals surface area (Å²) in [5.41, 5.74) is 0.182. The summed E-state index contributed by atoms with van der Waals surface area (Å²) in [7, 11) is 0. The maximum absolute atomic E-state index is 13.4. The van der Waals surface area contributed by atoms with Crippen molar-refractivity contribution in [1.82, 2.24) is 0 Å². The Morgan fingerprint density at radius 3 is 2.65 bits per heavy atom. The number of halogens is 3. The van der Waals surface area contributed by atoms with Crippen LogP contribution in [0.4, 0.5) is 14.5 Å². The second-order valence-corrected chi connectivity index (χ2v) is 6.13. The summed E-state index contributed by atoms with van der Waals surface area (Å²) in [5.74, 6) is -0.901. The van der Waals surface area contributed by atoms with Crippen molar-refractivity contribution in [3.8, 4) is 0 Å². The molecule has 1 N–H and O–H groups in total. The van der Waals surface area contributed by atoms with Gasteiger partial charge in [-0.1, -0.05) is 0 Å². The summed E-state index contributed by atoms with van der Waals surface area (Å²) >= 11 is 4.93. The van der Waals surface area contributed by atoms with Crippen LogP contribution in [-0.2, 0) is 0 Å². The Bertz CT molecular complexity index is 527. The minimum Gasteiger partial charge on any atom is -0.375 e. The van der Waals surface area contributed by atoms with Gasteiger partial charge in [0.25, 0.3) is 0 Å². The Morgan fingerprint density at radius 2 is 2.00 bits per heavy atom. The average molecular weight is 318 g/mol. The van der Waals surface area contributed by atoms with Crippen LogP contribution in [0.15, 0.2) is 34.1 Å². The van der Waals surface area contributed by atoms with Gasteiger partial charge in [-0.05, 0) is 53.2 Å². The van der Waals surface area contributed by atoms with E-state index in [0.29, 0.717) is 0 Å². The highest BCUT2D eigenvalue weighted by molar-refractivity contribution is 9.11. The van der Waals surface area contributed by atoms with Gasteiger partial charge in [-0.25, -0.2) is 8.78 Å². The second kappa shape index (κ2) is 5.14. The van der Waals surface area contributed by atoms with Crippen molar-refractivity contribution in [2.24, 2.45) is 0 Å². The second-order valence-electron chi connectivity index (χ2n) is 3.63. The van der Waals surface area contributed by atoms with Crippen LogP contribution in [0.1, 0.15) is 17.8 Å². The Hall–Kier alpha value is -0.940. The quantitative estimate of drug-likeness (QED) is 0.843. The molecule has 1 heterocycles. The molecule has 1 atom stereocenters. The maximum Gasteiger partial charge on any atom is 0.146 e. The Morgan fingerprint density at radius 1 is 1.24 bits per heavy atom. The minimum absolute atomic E-state index is 0.0670. The number of thiophene rings is 1. The molecule has 0 radical (unpaired) electrons. The molecule has 1 unspecified atom stereocenters. The lowest BCUT2D eigenvalue weighted by molar-refractivity contribution is 0.600. The van der Waals surface area contributed by atoms with Crippen LogP contribution in [0.2, 0.25) is 0 Å². The molecule has 0 saturated heterocycles. The molecule has 17 heavy (non-hydrogen) atoms. The molecule has 1 nitrogen and oxygen atoms in total. The smallest absolute Gasteiger partial charge is 0.146 e. The van der Waals surface area contributed by atoms with Gasteiger partial charge < -0.3 is 5.32 Å². The highest BCUT2D eigenvalue weighted by atomic mass is 79.9. The maximum atomic E-state index is 13.4. The zero-order chi connectivity index (χ0) is 12.4. The van der Waals surface area contributed by atoms with Crippen molar-refractivity contribution < 1.29 is 8.78 Å². The predicted octanol–water partition coefficient (Wildman–Crippen LogP) is 4.96. The van der Waals surface area contributed by atoms with Gasteiger partial charge >= 0.3 is 0 Å². The van der Waals surface area contributed by atoms with Gasteiger partial charge in [0.1, 0.15) is 11.6 Å². The SMILES string of the molecule is CC(Nc1cc(F)ccc1F)c1ccc(Br)s1. The molecule has 0 aliphatic heterocycles. The van der Waals surface area contributed by atoms with E-state index in [9.17, 15) is 8.78 Å². The van der Waals surface area contributed by atoms with Gasteiger partial charge in [-0.3, -0.25) is 0 Å². The lowest BCUT2D eigenvalue weighted by atomic mass is 10.2. The van der Waals surface area contributed by atoms with Gasteiger partial charge in [0.05, 0.1) is 15.5 Å². The molecule has 5 heteroatoms. The molecule has 0 bridgehead atoms. The molecule has 90 valence electrons. The van der Waals surface area contributed by atoms with Gasteiger partial charge in [0.2, 0.25) is 0 Å². The highest BCUT2D eigenvalue weighted by Crippen LogP contribution is 2.30. The van der Waals surface area contributed by atoms with E-state index in [4.69, 9.17) is 0 Å². The molecule has 0 aliphatic rings. The number of benzene rings is 1. The summed E-state index contributed by atoms with van der Waals surface area (Å²) < 4.78 is 27.4. The molecular formula is C12H10BrF2NS. The molecule has 1 aromatic heterocycles. The topological polar surface area (TPSA) is 12.0 Å². The van der Waals surface area contributed by atoms with E-state index in [1.807, 2.05) is 19.1 Å². The van der Waals surface area contributed by atoms with Crippen molar-refractivity contribution in [2.45, 2.75) is 13.0 Å². The Labute approximate surface area is 111 Å². The zero-order valence-electron chi connectivity index (χ0n) is 9.01. The molecule has 0 amide bonds. The third-order valence-electron chi connectivity index (χ3n) is 2.32. The van der Waals surface area contributed by atoms with Crippen LogP contribution in [0, 0.1) is 11.6 Å². The van der Waals surface area contributed by atoms with E-state index in [1.165, 1.54) is 0 Å². The monoisotopic (exact) mass is 317 g/mol. The summed E-state index contributed by atoms with van der Waals surface area (Å²) in [4.78, 5) is 1.06. The van der Waals surface area contributed by atoms with E-state index < -0.39 is 11.6 Å². The first-order valence-corrected chi connectivity index (χ1v) is 6.64. The van der Waals surface area contributed by atoms with Crippen molar-refractivity contribution in [3.05, 3.63) is 50.6 Å². The number of anilines is 1. The van der Waals surface area contributed by atoms with Crippen LogP contribution in [0.5, 0.6) is 0 Å². The lowest BCUT2D eigenvalue weighted by Crippen LogP contribution is -2.06. The zero-order valence-corrected chi connectivity index (χ0v) is 11.4. The summed E-state index contributed by atoms with van der Waals surface area (Å²) in [6.07, 6.45) is 0. The fourth-order valence-electron chi connectivity index (χ4n) is 1.47. The van der Waals surface area contributed by atoms with Crippen molar-refractivity contribution in [3.63, 3.8) is 0 Å². The fraction of sp³-hybridized carbons (Fsp3) is 0.167. The van der Waals surface area contributed by atoms with Gasteiger partial charge in [0.15, 0.2) is 0 Å². The average Bonchev–Trinajstić information content (AvgIpc) is 2.70. The van der Waals surface area contributed by atoms with Gasteiger partial charge in [-0.15, -0.1) is 11.3 Å². The highest BCUT2D eigenvalue weighted by Gasteiger charge is 2.11. The van der Waals surface area contributed by atoms with Crippen LogP contribution in [-0.4, -0.2) is 0 Å². The standard InChI is InChI=1S/C12H10BrF2NS/c1-7(11-4-5-12(13)17-11)16-10-6-8(14)2-3-9(10)15/h2-7,16H,1H3. The normalized spacial score (nSPS) is 12.5. The third-order valence-corrected chi connectivity index (χ3v) is 4.13. The largest absolute Gasteiger partial charge is 0.375 e. The van der Waals surface area contributed by atoms with Crippen molar-refractivity contribution in [2.75, 3.05) is 5.32 Å². The first-order valence-electron chi connectivity index (χ1n) is 5.03. The Kier molecular flexibility index (Phi) is 3.79. The predicted molar refractivity (Wildman–Crippen MR) is 70.4 cm³/mol. The van der Waals surface area contributed by atoms with Crippen LogP contribution >= 0.6 is 27.3 Å². The summed E-state index contributed by atoms with van der Waals surface area (Å²) in [5, 5.41) is 2.96. The molecule has 0 fully saturated rings. The molecule has 0 saturated carbocycles. The number of rotatable bonds is 3. The van der Waals surface area contributed by atoms with E-state index >= 15 is 0 Å². The van der Waals surface area contributed by atoms with Crippen molar-refractivity contribution in [1.29, 1.82) is 0 Å².